The Kier molecular flexibility index (Phi) is 8.31. The average Bonchev–Trinajstić information content (AvgIpc) is 2.49. The number of carbonyl (C=O) groups is 2. The minimum atomic E-state index is -0.346. The zero-order valence-electron chi connectivity index (χ0n) is 13.0. The molecule has 1 rings (SSSR count). The number of rotatable bonds is 8. The van der Waals surface area contributed by atoms with Crippen molar-refractivity contribution >= 4 is 11.9 Å². The van der Waals surface area contributed by atoms with E-state index in [2.05, 4.69) is 6.92 Å². The molecule has 1 atom stereocenters. The van der Waals surface area contributed by atoms with E-state index in [4.69, 9.17) is 4.74 Å². The van der Waals surface area contributed by atoms with Crippen LogP contribution in [0.4, 0.5) is 0 Å². The molecule has 116 valence electrons. The Hall–Kier alpha value is -1.06. The molecule has 4 nitrogen and oxygen atoms in total. The fraction of sp³-hybridized carbons (Fsp3) is 0.875. The van der Waals surface area contributed by atoms with Gasteiger partial charge in [-0.15, -0.1) is 0 Å². The number of hydrogen-bond acceptors (Lipinski definition) is 3. The molecule has 0 spiro atoms. The van der Waals surface area contributed by atoms with Crippen molar-refractivity contribution in [1.29, 1.82) is 0 Å². The second-order valence-electron chi connectivity index (χ2n) is 5.64. The summed E-state index contributed by atoms with van der Waals surface area (Å²) in [5.74, 6) is -0.142. The minimum absolute atomic E-state index is 0.121. The van der Waals surface area contributed by atoms with E-state index in [1.807, 2.05) is 0 Å². The van der Waals surface area contributed by atoms with Crippen LogP contribution in [0.3, 0.4) is 0 Å². The summed E-state index contributed by atoms with van der Waals surface area (Å²) in [7, 11) is 1.40. The van der Waals surface area contributed by atoms with Crippen molar-refractivity contribution in [2.24, 2.45) is 0 Å². The van der Waals surface area contributed by atoms with Crippen LogP contribution in [0.5, 0.6) is 0 Å². The maximum Gasteiger partial charge on any atom is 0.328 e. The number of ether oxygens (including phenoxy) is 1. The average molecular weight is 283 g/mol. The van der Waals surface area contributed by atoms with Crippen molar-refractivity contribution in [2.45, 2.75) is 77.2 Å². The lowest BCUT2D eigenvalue weighted by molar-refractivity contribution is -0.154. The smallest absolute Gasteiger partial charge is 0.328 e. The van der Waals surface area contributed by atoms with Crippen molar-refractivity contribution in [3.8, 4) is 0 Å². The predicted molar refractivity (Wildman–Crippen MR) is 79.4 cm³/mol. The zero-order chi connectivity index (χ0) is 14.8. The Balaban J connectivity index is 2.30. The molecule has 0 aromatic heterocycles. The Labute approximate surface area is 122 Å². The first-order chi connectivity index (χ1) is 9.70. The number of likely N-dealkylation sites (tertiary alicyclic amines) is 1. The molecule has 1 fully saturated rings. The number of carbonyl (C=O) groups excluding carboxylic acids is 2. The van der Waals surface area contributed by atoms with E-state index in [1.54, 1.807) is 4.90 Å². The van der Waals surface area contributed by atoms with Gasteiger partial charge in [0, 0.05) is 13.0 Å². The molecule has 0 aromatic carbocycles. The van der Waals surface area contributed by atoms with Gasteiger partial charge in [-0.3, -0.25) is 4.79 Å². The summed E-state index contributed by atoms with van der Waals surface area (Å²) < 4.78 is 4.81. The van der Waals surface area contributed by atoms with Crippen molar-refractivity contribution in [3.63, 3.8) is 0 Å². The summed E-state index contributed by atoms with van der Waals surface area (Å²) in [6.07, 6.45) is 10.4. The molecule has 20 heavy (non-hydrogen) atoms. The summed E-state index contributed by atoms with van der Waals surface area (Å²) in [4.78, 5) is 25.7. The Morgan fingerprint density at radius 3 is 2.50 bits per heavy atom. The fourth-order valence-electron chi connectivity index (χ4n) is 2.81. The maximum absolute atomic E-state index is 12.2. The topological polar surface area (TPSA) is 46.6 Å². The molecule has 4 heteroatoms. The third kappa shape index (κ3) is 5.51. The normalized spacial score (nSPS) is 18.9. The first-order valence-electron chi connectivity index (χ1n) is 8.08. The van der Waals surface area contributed by atoms with E-state index in [0.29, 0.717) is 13.0 Å². The molecule has 0 bridgehead atoms. The molecule has 0 aliphatic carbocycles. The first kappa shape index (κ1) is 17.0. The Morgan fingerprint density at radius 2 is 1.80 bits per heavy atom. The monoisotopic (exact) mass is 283 g/mol. The lowest BCUT2D eigenvalue weighted by atomic mass is 10.0. The molecule has 1 amide bonds. The molecule has 1 unspecified atom stereocenters. The summed E-state index contributed by atoms with van der Waals surface area (Å²) in [6.45, 7) is 2.90. The summed E-state index contributed by atoms with van der Waals surface area (Å²) in [5, 5.41) is 0. The summed E-state index contributed by atoms with van der Waals surface area (Å²) >= 11 is 0. The van der Waals surface area contributed by atoms with Crippen molar-refractivity contribution in [2.75, 3.05) is 13.7 Å². The van der Waals surface area contributed by atoms with Gasteiger partial charge in [-0.2, -0.15) is 0 Å². The molecule has 1 aliphatic heterocycles. The van der Waals surface area contributed by atoms with E-state index in [1.165, 1.54) is 32.8 Å². The number of unbranched alkanes of at least 4 members (excludes halogenated alkanes) is 5. The molecule has 0 saturated carbocycles. The Morgan fingerprint density at radius 1 is 1.10 bits per heavy atom. The molecule has 0 aromatic rings. The van der Waals surface area contributed by atoms with Gasteiger partial charge in [0.2, 0.25) is 5.91 Å². The van der Waals surface area contributed by atoms with Gasteiger partial charge in [0.25, 0.3) is 0 Å². The van der Waals surface area contributed by atoms with Crippen LogP contribution < -0.4 is 0 Å². The highest BCUT2D eigenvalue weighted by molar-refractivity contribution is 5.84. The number of esters is 1. The lowest BCUT2D eigenvalue weighted by Crippen LogP contribution is -2.48. The third-order valence-electron chi connectivity index (χ3n) is 4.04. The molecule has 1 aliphatic rings. The molecule has 0 radical (unpaired) electrons. The minimum Gasteiger partial charge on any atom is -0.467 e. The van der Waals surface area contributed by atoms with Gasteiger partial charge in [0.05, 0.1) is 7.11 Å². The number of hydrogen-bond donors (Lipinski definition) is 0. The SMILES string of the molecule is CCCCCCCCC(=O)N1CCCCC1C(=O)OC. The van der Waals surface area contributed by atoms with Crippen molar-refractivity contribution < 1.29 is 14.3 Å². The van der Waals surface area contributed by atoms with Crippen molar-refractivity contribution in [3.05, 3.63) is 0 Å². The van der Waals surface area contributed by atoms with Crippen LogP contribution >= 0.6 is 0 Å². The highest BCUT2D eigenvalue weighted by Crippen LogP contribution is 2.20. The number of methoxy groups -OCH3 is 1. The van der Waals surface area contributed by atoms with Gasteiger partial charge in [-0.1, -0.05) is 39.0 Å². The number of piperidine rings is 1. The second kappa shape index (κ2) is 9.78. The standard InChI is InChI=1S/C16H29NO3/c1-3-4-5-6-7-8-12-15(18)17-13-10-9-11-14(17)16(19)20-2/h14H,3-13H2,1-2H3. The zero-order valence-corrected chi connectivity index (χ0v) is 13.0. The second-order valence-corrected chi connectivity index (χ2v) is 5.64. The summed E-state index contributed by atoms with van der Waals surface area (Å²) in [6, 6.07) is -0.346. The van der Waals surface area contributed by atoms with Gasteiger partial charge in [-0.05, 0) is 25.7 Å². The number of amides is 1. The van der Waals surface area contributed by atoms with E-state index in [-0.39, 0.29) is 17.9 Å². The van der Waals surface area contributed by atoms with Gasteiger partial charge in [-0.25, -0.2) is 4.79 Å². The van der Waals surface area contributed by atoms with Crippen LogP contribution in [0.2, 0.25) is 0 Å². The van der Waals surface area contributed by atoms with Crippen LogP contribution in [0.25, 0.3) is 0 Å². The molecule has 0 N–H and O–H groups in total. The molecular weight excluding hydrogens is 254 g/mol. The van der Waals surface area contributed by atoms with E-state index >= 15 is 0 Å². The molecule has 1 heterocycles. The van der Waals surface area contributed by atoms with Crippen LogP contribution in [0.15, 0.2) is 0 Å². The number of nitrogens with zero attached hydrogens (tertiary/aromatic N) is 1. The maximum atomic E-state index is 12.2. The van der Waals surface area contributed by atoms with Gasteiger partial charge >= 0.3 is 5.97 Å². The summed E-state index contributed by atoms with van der Waals surface area (Å²) in [5.41, 5.74) is 0. The van der Waals surface area contributed by atoms with Gasteiger partial charge < -0.3 is 9.64 Å². The van der Waals surface area contributed by atoms with Crippen LogP contribution in [0, 0.1) is 0 Å². The van der Waals surface area contributed by atoms with Crippen LogP contribution in [-0.4, -0.2) is 36.5 Å². The van der Waals surface area contributed by atoms with Crippen LogP contribution in [0.1, 0.15) is 71.1 Å². The lowest BCUT2D eigenvalue weighted by Gasteiger charge is -2.33. The Bertz CT molecular complexity index is 304. The predicted octanol–water partition coefficient (Wildman–Crippen LogP) is 3.29. The van der Waals surface area contributed by atoms with Crippen molar-refractivity contribution in [1.82, 2.24) is 4.90 Å². The van der Waals surface area contributed by atoms with Crippen LogP contribution in [-0.2, 0) is 14.3 Å². The third-order valence-corrected chi connectivity index (χ3v) is 4.04. The largest absolute Gasteiger partial charge is 0.467 e. The highest BCUT2D eigenvalue weighted by Gasteiger charge is 2.32. The van der Waals surface area contributed by atoms with E-state index < -0.39 is 0 Å². The van der Waals surface area contributed by atoms with Gasteiger partial charge in [0.1, 0.15) is 6.04 Å². The van der Waals surface area contributed by atoms with E-state index in [9.17, 15) is 9.59 Å². The quantitative estimate of drug-likeness (QED) is 0.507. The molecule has 1 saturated heterocycles. The van der Waals surface area contributed by atoms with E-state index in [0.717, 1.165) is 32.1 Å². The molecular formula is C16H29NO3. The fourth-order valence-corrected chi connectivity index (χ4v) is 2.81. The first-order valence-corrected chi connectivity index (χ1v) is 8.08. The van der Waals surface area contributed by atoms with Gasteiger partial charge in [0.15, 0.2) is 0 Å². The highest BCUT2D eigenvalue weighted by atomic mass is 16.5.